The van der Waals surface area contributed by atoms with Crippen LogP contribution in [0.25, 0.3) is 0 Å². The van der Waals surface area contributed by atoms with Crippen molar-refractivity contribution < 1.29 is 0 Å². The van der Waals surface area contributed by atoms with E-state index in [-0.39, 0.29) is 0 Å². The summed E-state index contributed by atoms with van der Waals surface area (Å²) in [5.41, 5.74) is 0. The molecular weight excluding hydrogens is 208 g/mol. The van der Waals surface area contributed by atoms with Crippen LogP contribution >= 0.6 is 0 Å². The molecule has 102 valence electrons. The molecule has 0 amide bonds. The number of hydrogen-bond donors (Lipinski definition) is 1. The van der Waals surface area contributed by atoms with Crippen LogP contribution in [0.3, 0.4) is 0 Å². The Morgan fingerprint density at radius 2 is 1.94 bits per heavy atom. The van der Waals surface area contributed by atoms with Crippen LogP contribution in [0.1, 0.15) is 59.8 Å². The maximum absolute atomic E-state index is 3.58. The van der Waals surface area contributed by atoms with Crippen LogP contribution in [0.2, 0.25) is 0 Å². The molecule has 1 heterocycles. The van der Waals surface area contributed by atoms with E-state index in [0.717, 1.165) is 12.0 Å². The first-order valence-corrected chi connectivity index (χ1v) is 7.57. The van der Waals surface area contributed by atoms with E-state index in [2.05, 4.69) is 37.9 Å². The summed E-state index contributed by atoms with van der Waals surface area (Å²) in [4.78, 5) is 2.71. The van der Waals surface area contributed by atoms with E-state index in [4.69, 9.17) is 0 Å². The van der Waals surface area contributed by atoms with Gasteiger partial charge in [0.1, 0.15) is 0 Å². The Morgan fingerprint density at radius 1 is 1.18 bits per heavy atom. The molecule has 1 rings (SSSR count). The molecule has 1 aliphatic heterocycles. The normalized spacial score (nSPS) is 25.6. The molecule has 0 aliphatic carbocycles. The molecule has 2 atom stereocenters. The highest BCUT2D eigenvalue weighted by atomic mass is 15.2. The Bertz CT molecular complexity index is 191. The third kappa shape index (κ3) is 6.42. The third-order valence-corrected chi connectivity index (χ3v) is 3.99. The Hall–Kier alpha value is -0.0800. The van der Waals surface area contributed by atoms with Gasteiger partial charge in [-0.25, -0.2) is 0 Å². The van der Waals surface area contributed by atoms with Crippen molar-refractivity contribution in [2.45, 2.75) is 71.9 Å². The summed E-state index contributed by atoms with van der Waals surface area (Å²) in [7, 11) is 0. The highest BCUT2D eigenvalue weighted by Crippen LogP contribution is 2.14. The lowest BCUT2D eigenvalue weighted by molar-refractivity contribution is 0.172. The first-order chi connectivity index (χ1) is 8.09. The lowest BCUT2D eigenvalue weighted by Gasteiger charge is -2.32. The van der Waals surface area contributed by atoms with Crippen molar-refractivity contribution in [1.29, 1.82) is 0 Å². The average Bonchev–Trinajstić information content (AvgIpc) is 2.23. The van der Waals surface area contributed by atoms with Gasteiger partial charge < -0.3 is 10.2 Å². The third-order valence-electron chi connectivity index (χ3n) is 3.99. The fraction of sp³-hybridized carbons (Fsp3) is 1.00. The van der Waals surface area contributed by atoms with Gasteiger partial charge >= 0.3 is 0 Å². The SMILES string of the molecule is CC(C)CCCC(C)N1CCCNC(C)CC1. The maximum atomic E-state index is 3.58. The van der Waals surface area contributed by atoms with E-state index < -0.39 is 0 Å². The number of hydrogen-bond acceptors (Lipinski definition) is 2. The molecule has 0 radical (unpaired) electrons. The van der Waals surface area contributed by atoms with E-state index in [1.165, 1.54) is 51.7 Å². The molecule has 1 fully saturated rings. The monoisotopic (exact) mass is 240 g/mol. The maximum Gasteiger partial charge on any atom is 0.00669 e. The van der Waals surface area contributed by atoms with Crippen LogP contribution in [-0.4, -0.2) is 36.6 Å². The zero-order valence-corrected chi connectivity index (χ0v) is 12.3. The molecule has 0 bridgehead atoms. The molecule has 1 aliphatic rings. The molecule has 2 heteroatoms. The van der Waals surface area contributed by atoms with Gasteiger partial charge in [-0.3, -0.25) is 0 Å². The quantitative estimate of drug-likeness (QED) is 0.793. The predicted molar refractivity (Wildman–Crippen MR) is 76.4 cm³/mol. The Balaban J connectivity index is 2.25. The summed E-state index contributed by atoms with van der Waals surface area (Å²) >= 11 is 0. The second kappa shape index (κ2) is 8.10. The van der Waals surface area contributed by atoms with Gasteiger partial charge in [0.25, 0.3) is 0 Å². The second-order valence-corrected chi connectivity index (χ2v) is 6.21. The standard InChI is InChI=1S/C15H32N2/c1-13(2)7-5-8-15(4)17-11-6-10-16-14(3)9-12-17/h13-16H,5-12H2,1-4H3. The highest BCUT2D eigenvalue weighted by molar-refractivity contribution is 4.74. The van der Waals surface area contributed by atoms with Crippen LogP contribution in [0.15, 0.2) is 0 Å². The lowest BCUT2D eigenvalue weighted by Crippen LogP contribution is -2.42. The van der Waals surface area contributed by atoms with Gasteiger partial charge in [0.05, 0.1) is 0 Å². The van der Waals surface area contributed by atoms with Gasteiger partial charge in [0, 0.05) is 12.1 Å². The zero-order valence-electron chi connectivity index (χ0n) is 12.3. The topological polar surface area (TPSA) is 15.3 Å². The van der Waals surface area contributed by atoms with Gasteiger partial charge in [-0.05, 0) is 58.7 Å². The minimum absolute atomic E-state index is 0.695. The molecule has 1 N–H and O–H groups in total. The molecule has 0 aromatic rings. The van der Waals surface area contributed by atoms with Crippen LogP contribution < -0.4 is 5.32 Å². The Morgan fingerprint density at radius 3 is 2.65 bits per heavy atom. The Labute approximate surface area is 108 Å². The summed E-state index contributed by atoms with van der Waals surface area (Å²) in [6, 6.07) is 1.47. The van der Waals surface area contributed by atoms with Crippen molar-refractivity contribution in [1.82, 2.24) is 10.2 Å². The summed E-state index contributed by atoms with van der Waals surface area (Å²) in [6.07, 6.45) is 6.76. The Kier molecular flexibility index (Phi) is 7.14. The highest BCUT2D eigenvalue weighted by Gasteiger charge is 2.16. The summed E-state index contributed by atoms with van der Waals surface area (Å²) in [6.45, 7) is 13.1. The average molecular weight is 240 g/mol. The smallest absolute Gasteiger partial charge is 0.00669 e. The predicted octanol–water partition coefficient (Wildman–Crippen LogP) is 3.28. The van der Waals surface area contributed by atoms with E-state index in [9.17, 15) is 0 Å². The number of nitrogens with one attached hydrogen (secondary N) is 1. The molecule has 17 heavy (non-hydrogen) atoms. The van der Waals surface area contributed by atoms with Crippen molar-refractivity contribution in [3.63, 3.8) is 0 Å². The fourth-order valence-electron chi connectivity index (χ4n) is 2.65. The number of rotatable bonds is 5. The van der Waals surface area contributed by atoms with Gasteiger partial charge in [-0.1, -0.05) is 26.7 Å². The molecule has 1 saturated heterocycles. The molecule has 2 unspecified atom stereocenters. The summed E-state index contributed by atoms with van der Waals surface area (Å²) in [5, 5.41) is 3.58. The van der Waals surface area contributed by atoms with Crippen molar-refractivity contribution in [2.75, 3.05) is 19.6 Å². The van der Waals surface area contributed by atoms with Crippen molar-refractivity contribution >= 4 is 0 Å². The van der Waals surface area contributed by atoms with Gasteiger partial charge in [0.2, 0.25) is 0 Å². The van der Waals surface area contributed by atoms with Gasteiger partial charge in [0.15, 0.2) is 0 Å². The summed E-state index contributed by atoms with van der Waals surface area (Å²) < 4.78 is 0. The van der Waals surface area contributed by atoms with E-state index in [0.29, 0.717) is 6.04 Å². The second-order valence-electron chi connectivity index (χ2n) is 6.21. The molecule has 2 nitrogen and oxygen atoms in total. The van der Waals surface area contributed by atoms with Gasteiger partial charge in [-0.2, -0.15) is 0 Å². The lowest BCUT2D eigenvalue weighted by atomic mass is 10.0. The first-order valence-electron chi connectivity index (χ1n) is 7.57. The minimum Gasteiger partial charge on any atom is -0.314 e. The first kappa shape index (κ1) is 15.0. The summed E-state index contributed by atoms with van der Waals surface area (Å²) in [5.74, 6) is 0.860. The largest absolute Gasteiger partial charge is 0.314 e. The van der Waals surface area contributed by atoms with Crippen molar-refractivity contribution in [2.24, 2.45) is 5.92 Å². The van der Waals surface area contributed by atoms with Crippen molar-refractivity contribution in [3.8, 4) is 0 Å². The zero-order chi connectivity index (χ0) is 12.7. The fourth-order valence-corrected chi connectivity index (χ4v) is 2.65. The van der Waals surface area contributed by atoms with E-state index >= 15 is 0 Å². The van der Waals surface area contributed by atoms with Crippen LogP contribution in [-0.2, 0) is 0 Å². The van der Waals surface area contributed by atoms with E-state index in [1.54, 1.807) is 0 Å². The molecule has 0 saturated carbocycles. The van der Waals surface area contributed by atoms with Crippen LogP contribution in [0.4, 0.5) is 0 Å². The molecule has 0 aromatic carbocycles. The van der Waals surface area contributed by atoms with Crippen molar-refractivity contribution in [3.05, 3.63) is 0 Å². The molecular formula is C15H32N2. The molecule has 0 aromatic heterocycles. The van der Waals surface area contributed by atoms with Gasteiger partial charge in [-0.15, -0.1) is 0 Å². The minimum atomic E-state index is 0.695. The van der Waals surface area contributed by atoms with Crippen LogP contribution in [0.5, 0.6) is 0 Å². The van der Waals surface area contributed by atoms with E-state index in [1.807, 2.05) is 0 Å². The number of nitrogens with zero attached hydrogens (tertiary/aromatic N) is 1. The molecule has 0 spiro atoms. The van der Waals surface area contributed by atoms with Crippen LogP contribution in [0, 0.1) is 5.92 Å².